The van der Waals surface area contributed by atoms with Crippen LogP contribution >= 0.6 is 0 Å². The van der Waals surface area contributed by atoms with Gasteiger partial charge in [0.2, 0.25) is 11.6 Å². The summed E-state index contributed by atoms with van der Waals surface area (Å²) >= 11 is 0. The molecular formula is C39H31NO7. The van der Waals surface area contributed by atoms with Gasteiger partial charge in [-0.05, 0) is 108 Å². The van der Waals surface area contributed by atoms with Crippen molar-refractivity contribution in [3.63, 3.8) is 0 Å². The van der Waals surface area contributed by atoms with E-state index in [9.17, 15) is 30.0 Å². The fourth-order valence-corrected chi connectivity index (χ4v) is 5.66. The predicted octanol–water partition coefficient (Wildman–Crippen LogP) is 7.36. The molecule has 8 heteroatoms. The highest BCUT2D eigenvalue weighted by Gasteiger charge is 2.33. The van der Waals surface area contributed by atoms with E-state index in [1.165, 1.54) is 72.8 Å². The summed E-state index contributed by atoms with van der Waals surface area (Å²) in [6.45, 7) is 0.230. The van der Waals surface area contributed by atoms with E-state index in [0.717, 1.165) is 5.56 Å². The van der Waals surface area contributed by atoms with Crippen molar-refractivity contribution in [2.24, 2.45) is 0 Å². The van der Waals surface area contributed by atoms with Crippen LogP contribution in [-0.2, 0) is 13.0 Å². The Balaban J connectivity index is 1.69. The molecule has 0 fully saturated rings. The first-order chi connectivity index (χ1) is 22.7. The molecule has 8 nitrogen and oxygen atoms in total. The molecule has 47 heavy (non-hydrogen) atoms. The van der Waals surface area contributed by atoms with Crippen molar-refractivity contribution < 1.29 is 34.8 Å². The highest BCUT2D eigenvalue weighted by Crippen LogP contribution is 2.43. The molecule has 0 saturated carbocycles. The van der Waals surface area contributed by atoms with E-state index in [1.54, 1.807) is 35.9 Å². The van der Waals surface area contributed by atoms with Crippen molar-refractivity contribution in [3.05, 3.63) is 149 Å². The number of ketones is 2. The van der Waals surface area contributed by atoms with Crippen molar-refractivity contribution in [2.75, 3.05) is 7.11 Å². The van der Waals surface area contributed by atoms with E-state index in [1.807, 2.05) is 24.3 Å². The van der Waals surface area contributed by atoms with Gasteiger partial charge in [-0.2, -0.15) is 0 Å². The second kappa shape index (κ2) is 13.0. The molecule has 0 saturated heterocycles. The molecule has 6 aromatic rings. The van der Waals surface area contributed by atoms with Crippen molar-refractivity contribution in [1.29, 1.82) is 0 Å². The Bertz CT molecular complexity index is 1920. The number of carbonyl (C=O) groups excluding carboxylic acids is 2. The van der Waals surface area contributed by atoms with Gasteiger partial charge in [0, 0.05) is 28.8 Å². The van der Waals surface area contributed by atoms with Crippen LogP contribution in [0.25, 0.3) is 22.3 Å². The number of hydrogen-bond donors (Lipinski definition) is 4. The molecule has 5 aromatic carbocycles. The number of methoxy groups -OCH3 is 1. The van der Waals surface area contributed by atoms with E-state index in [0.29, 0.717) is 45.6 Å². The van der Waals surface area contributed by atoms with Crippen LogP contribution in [0.1, 0.15) is 37.7 Å². The third-order valence-electron chi connectivity index (χ3n) is 8.05. The van der Waals surface area contributed by atoms with Gasteiger partial charge in [-0.25, -0.2) is 0 Å². The maximum Gasteiger partial charge on any atom is 0.210 e. The number of carbonyl (C=O) groups is 2. The van der Waals surface area contributed by atoms with Gasteiger partial charge >= 0.3 is 0 Å². The fourth-order valence-electron chi connectivity index (χ4n) is 5.66. The molecule has 0 aliphatic rings. The van der Waals surface area contributed by atoms with Crippen LogP contribution in [0.15, 0.2) is 121 Å². The lowest BCUT2D eigenvalue weighted by Gasteiger charge is -2.15. The lowest BCUT2D eigenvalue weighted by Crippen LogP contribution is -2.18. The van der Waals surface area contributed by atoms with E-state index in [4.69, 9.17) is 4.74 Å². The predicted molar refractivity (Wildman–Crippen MR) is 178 cm³/mol. The molecule has 1 heterocycles. The largest absolute Gasteiger partial charge is 0.508 e. The molecule has 1 aromatic heterocycles. The van der Waals surface area contributed by atoms with Crippen molar-refractivity contribution in [3.8, 4) is 51.0 Å². The molecule has 0 aliphatic carbocycles. The molecule has 0 amide bonds. The minimum Gasteiger partial charge on any atom is -0.508 e. The first-order valence-electron chi connectivity index (χ1n) is 14.9. The Labute approximate surface area is 271 Å². The zero-order chi connectivity index (χ0) is 33.1. The molecule has 234 valence electrons. The Morgan fingerprint density at radius 3 is 1.26 bits per heavy atom. The Morgan fingerprint density at radius 2 is 0.894 bits per heavy atom. The quantitative estimate of drug-likeness (QED) is 0.117. The smallest absolute Gasteiger partial charge is 0.210 e. The molecule has 0 atom stereocenters. The maximum absolute atomic E-state index is 14.6. The van der Waals surface area contributed by atoms with Gasteiger partial charge < -0.3 is 29.7 Å². The fraction of sp³-hybridized carbons (Fsp3) is 0.0769. The molecular weight excluding hydrogens is 594 g/mol. The van der Waals surface area contributed by atoms with Gasteiger partial charge in [0.15, 0.2) is 0 Å². The summed E-state index contributed by atoms with van der Waals surface area (Å²) in [5.41, 5.74) is 4.10. The highest BCUT2D eigenvalue weighted by atomic mass is 16.5. The van der Waals surface area contributed by atoms with Gasteiger partial charge in [0.25, 0.3) is 0 Å². The van der Waals surface area contributed by atoms with Gasteiger partial charge in [-0.3, -0.25) is 9.59 Å². The topological polar surface area (TPSA) is 129 Å². The van der Waals surface area contributed by atoms with E-state index < -0.39 is 0 Å². The normalized spacial score (nSPS) is 10.9. The summed E-state index contributed by atoms with van der Waals surface area (Å²) in [5, 5.41) is 40.3. The second-order valence-corrected chi connectivity index (χ2v) is 11.0. The molecule has 6 rings (SSSR count). The molecule has 0 aliphatic heterocycles. The molecule has 0 bridgehead atoms. The average Bonchev–Trinajstić information content (AvgIpc) is 3.43. The number of nitrogens with zero attached hydrogens (tertiary/aromatic N) is 1. The van der Waals surface area contributed by atoms with Gasteiger partial charge in [0.05, 0.1) is 18.5 Å². The standard InChI is InChI=1S/C39H31NO7/c1-47-33-20-2-24(3-21-33)22-23-40-36(38(45)27-8-16-31(43)17-9-27)34(25-4-12-29(41)13-5-25)35(26-6-14-30(42)15-7-26)37(40)39(46)28-10-18-32(44)19-11-28/h2-21,41-44H,22-23H2,1H3. The summed E-state index contributed by atoms with van der Waals surface area (Å²) in [6.07, 6.45) is 0.453. The van der Waals surface area contributed by atoms with E-state index in [-0.39, 0.29) is 52.5 Å². The number of phenolic OH excluding ortho intramolecular Hbond substituents is 4. The summed E-state index contributed by atoms with van der Waals surface area (Å²) in [4.78, 5) is 29.3. The molecule has 0 spiro atoms. The minimum atomic E-state index is -0.382. The number of aryl methyl sites for hydroxylation is 1. The number of hydrogen-bond acceptors (Lipinski definition) is 7. The summed E-state index contributed by atoms with van der Waals surface area (Å²) in [6, 6.07) is 32.2. The van der Waals surface area contributed by atoms with Crippen LogP contribution in [0, 0.1) is 0 Å². The van der Waals surface area contributed by atoms with Crippen LogP contribution in [0.5, 0.6) is 28.7 Å². The SMILES string of the molecule is COc1ccc(CCn2c(C(=O)c3ccc(O)cc3)c(-c3ccc(O)cc3)c(-c3ccc(O)cc3)c2C(=O)c2ccc(O)cc2)cc1. The first-order valence-corrected chi connectivity index (χ1v) is 14.9. The van der Waals surface area contributed by atoms with E-state index in [2.05, 4.69) is 0 Å². The van der Waals surface area contributed by atoms with Crippen LogP contribution in [0.2, 0.25) is 0 Å². The number of ether oxygens (including phenoxy) is 1. The zero-order valence-corrected chi connectivity index (χ0v) is 25.4. The van der Waals surface area contributed by atoms with Gasteiger partial charge in [0.1, 0.15) is 28.7 Å². The van der Waals surface area contributed by atoms with Gasteiger partial charge in [-0.1, -0.05) is 36.4 Å². The van der Waals surface area contributed by atoms with Crippen molar-refractivity contribution >= 4 is 11.6 Å². The number of benzene rings is 5. The van der Waals surface area contributed by atoms with Crippen molar-refractivity contribution in [1.82, 2.24) is 4.57 Å². The summed E-state index contributed by atoms with van der Waals surface area (Å²) in [5.74, 6) is 0.00762. The van der Waals surface area contributed by atoms with Gasteiger partial charge in [-0.15, -0.1) is 0 Å². The number of aromatic hydroxyl groups is 4. The monoisotopic (exact) mass is 625 g/mol. The third kappa shape index (κ3) is 6.30. The van der Waals surface area contributed by atoms with Crippen LogP contribution in [-0.4, -0.2) is 43.7 Å². The summed E-state index contributed by atoms with van der Waals surface area (Å²) < 4.78 is 7.05. The van der Waals surface area contributed by atoms with Crippen LogP contribution < -0.4 is 4.74 Å². The molecule has 4 N–H and O–H groups in total. The summed E-state index contributed by atoms with van der Waals surface area (Å²) in [7, 11) is 1.59. The minimum absolute atomic E-state index is 0.00294. The highest BCUT2D eigenvalue weighted by molar-refractivity contribution is 6.20. The Hall–Kier alpha value is -6.28. The average molecular weight is 626 g/mol. The van der Waals surface area contributed by atoms with Crippen LogP contribution in [0.3, 0.4) is 0 Å². The molecule has 0 radical (unpaired) electrons. The molecule has 0 unspecified atom stereocenters. The Morgan fingerprint density at radius 1 is 0.532 bits per heavy atom. The number of aromatic nitrogens is 1. The van der Waals surface area contributed by atoms with Crippen LogP contribution in [0.4, 0.5) is 0 Å². The zero-order valence-electron chi connectivity index (χ0n) is 25.4. The lowest BCUT2D eigenvalue weighted by atomic mass is 9.91. The first kappa shape index (κ1) is 30.7. The number of phenols is 4. The third-order valence-corrected chi connectivity index (χ3v) is 8.05. The van der Waals surface area contributed by atoms with E-state index >= 15 is 0 Å². The number of rotatable bonds is 10. The second-order valence-electron chi connectivity index (χ2n) is 11.0. The van der Waals surface area contributed by atoms with Crippen molar-refractivity contribution in [2.45, 2.75) is 13.0 Å². The Kier molecular flexibility index (Phi) is 8.49. The maximum atomic E-state index is 14.6. The lowest BCUT2D eigenvalue weighted by molar-refractivity contribution is 0.102.